The van der Waals surface area contributed by atoms with E-state index in [0.717, 1.165) is 103 Å². The van der Waals surface area contributed by atoms with E-state index in [9.17, 15) is 19.4 Å². The molecule has 478 valence electrons. The first-order valence-corrected chi connectivity index (χ1v) is 35.9. The fourth-order valence-corrected chi connectivity index (χ4v) is 10.3. The summed E-state index contributed by atoms with van der Waals surface area (Å²) in [6.07, 6.45) is 94.9. The number of amides is 1. The van der Waals surface area contributed by atoms with E-state index < -0.39 is 20.0 Å². The maximum absolute atomic E-state index is 13.0. The minimum atomic E-state index is -4.38. The molecule has 0 aliphatic rings. The summed E-state index contributed by atoms with van der Waals surface area (Å²) in [6.45, 7) is 4.67. The quantitative estimate of drug-likeness (QED) is 0.0243. The van der Waals surface area contributed by atoms with Gasteiger partial charge < -0.3 is 19.8 Å². The van der Waals surface area contributed by atoms with Crippen LogP contribution in [0.15, 0.2) is 122 Å². The van der Waals surface area contributed by atoms with Gasteiger partial charge in [-0.05, 0) is 96.3 Å². The summed E-state index contributed by atoms with van der Waals surface area (Å²) in [5.74, 6) is -0.213. The van der Waals surface area contributed by atoms with Gasteiger partial charge in [-0.3, -0.25) is 13.8 Å². The van der Waals surface area contributed by atoms with E-state index in [0.29, 0.717) is 17.4 Å². The predicted molar refractivity (Wildman–Crippen MR) is 364 cm³/mol. The molecule has 8 nitrogen and oxygen atoms in total. The zero-order chi connectivity index (χ0) is 60.5. The van der Waals surface area contributed by atoms with Crippen molar-refractivity contribution in [2.45, 2.75) is 302 Å². The molecule has 1 amide bonds. The number of hydrogen-bond acceptors (Lipinski definition) is 5. The molecule has 0 saturated heterocycles. The molecule has 3 N–H and O–H groups in total. The molecule has 0 aromatic carbocycles. The molecule has 0 bridgehead atoms. The van der Waals surface area contributed by atoms with Gasteiger partial charge in [-0.25, -0.2) is 4.57 Å². The van der Waals surface area contributed by atoms with E-state index in [1.54, 1.807) is 6.08 Å². The van der Waals surface area contributed by atoms with Crippen LogP contribution in [0.25, 0.3) is 0 Å². The first kappa shape index (κ1) is 79.9. The lowest BCUT2D eigenvalue weighted by Crippen LogP contribution is -2.45. The Kier molecular flexibility index (Phi) is 61.0. The fourth-order valence-electron chi connectivity index (χ4n) is 9.61. The molecule has 0 aromatic heterocycles. The zero-order valence-electron chi connectivity index (χ0n) is 54.7. The first-order chi connectivity index (χ1) is 40.5. The van der Waals surface area contributed by atoms with Gasteiger partial charge in [0.15, 0.2) is 0 Å². The highest BCUT2D eigenvalue weighted by Crippen LogP contribution is 2.43. The largest absolute Gasteiger partial charge is 0.472 e. The highest BCUT2D eigenvalue weighted by molar-refractivity contribution is 7.47. The highest BCUT2D eigenvalue weighted by Gasteiger charge is 2.28. The molecule has 0 rings (SSSR count). The average molecular weight is 1180 g/mol. The van der Waals surface area contributed by atoms with Crippen LogP contribution in [0.4, 0.5) is 0 Å². The standard InChI is InChI=1S/C74H131N2O6P/c1-6-8-10-12-14-16-18-20-22-24-26-28-30-32-34-36-37-38-40-41-43-45-47-49-51-53-55-57-59-61-63-65-67-73(77)72(71-82-83(79,80)81-70-69-76(3,4)5)75-74(78)68-66-64-62-60-58-56-54-52-50-48-46-44-42-39-35-33-31-29-27-25-23-21-19-17-15-13-11-9-7-2/h9,11,15,17,21,23,27,29,33,35,42,44,48,50,54,56-57,59,65,67,72-73,77H,6-8,10,12-14,16,18-20,22,24-26,28,30-32,34,36-41,43,45-47,49,51-53,55,58,60-64,66,68-71H2,1-5H3,(H-,75,78,79,80)/p+1/b11-9-,17-15-,23-21-,29-27-,35-33-,44-42-,50-48-,56-54-,59-57+,67-65+. The second-order valence-electron chi connectivity index (χ2n) is 24.2. The lowest BCUT2D eigenvalue weighted by Gasteiger charge is -2.25. The normalized spacial score (nSPS) is 14.4. The Morgan fingerprint density at radius 2 is 0.735 bits per heavy atom. The molecule has 3 atom stereocenters. The number of phosphoric acid groups is 1. The van der Waals surface area contributed by atoms with Crippen molar-refractivity contribution in [3.8, 4) is 0 Å². The maximum Gasteiger partial charge on any atom is 0.472 e. The summed E-state index contributed by atoms with van der Waals surface area (Å²) in [7, 11) is 1.52. The summed E-state index contributed by atoms with van der Waals surface area (Å²) in [5.41, 5.74) is 0. The number of phosphoric ester groups is 1. The Morgan fingerprint density at radius 3 is 1.11 bits per heavy atom. The topological polar surface area (TPSA) is 105 Å². The van der Waals surface area contributed by atoms with Crippen LogP contribution in [0.5, 0.6) is 0 Å². The van der Waals surface area contributed by atoms with Crippen LogP contribution in [0.3, 0.4) is 0 Å². The lowest BCUT2D eigenvalue weighted by atomic mass is 10.0. The fraction of sp³-hybridized carbons (Fsp3) is 0.716. The summed E-state index contributed by atoms with van der Waals surface area (Å²) in [6, 6.07) is -0.889. The van der Waals surface area contributed by atoms with Gasteiger partial charge in [-0.15, -0.1) is 0 Å². The van der Waals surface area contributed by atoms with Gasteiger partial charge in [0.1, 0.15) is 13.2 Å². The van der Waals surface area contributed by atoms with Crippen LogP contribution in [-0.4, -0.2) is 73.4 Å². The molecule has 0 heterocycles. The monoisotopic (exact) mass is 1180 g/mol. The second-order valence-corrected chi connectivity index (χ2v) is 25.6. The van der Waals surface area contributed by atoms with Crippen molar-refractivity contribution in [3.05, 3.63) is 122 Å². The smallest absolute Gasteiger partial charge is 0.387 e. The number of allylic oxidation sites excluding steroid dienone is 19. The molecule has 0 aliphatic heterocycles. The molecule has 0 aromatic rings. The van der Waals surface area contributed by atoms with Crippen LogP contribution in [-0.2, 0) is 18.4 Å². The van der Waals surface area contributed by atoms with Crippen LogP contribution >= 0.6 is 7.82 Å². The third-order valence-corrected chi connectivity index (χ3v) is 15.9. The van der Waals surface area contributed by atoms with Crippen molar-refractivity contribution in [3.63, 3.8) is 0 Å². The number of likely N-dealkylation sites (N-methyl/N-ethyl adjacent to an activating group) is 1. The van der Waals surface area contributed by atoms with Gasteiger partial charge in [-0.1, -0.05) is 309 Å². The van der Waals surface area contributed by atoms with E-state index in [2.05, 4.69) is 129 Å². The van der Waals surface area contributed by atoms with Crippen molar-refractivity contribution < 1.29 is 32.9 Å². The summed E-state index contributed by atoms with van der Waals surface area (Å²) in [4.78, 5) is 23.4. The van der Waals surface area contributed by atoms with Gasteiger partial charge in [0.05, 0.1) is 39.9 Å². The Morgan fingerprint density at radius 1 is 0.422 bits per heavy atom. The zero-order valence-corrected chi connectivity index (χ0v) is 55.5. The summed E-state index contributed by atoms with van der Waals surface area (Å²) >= 11 is 0. The number of hydrogen-bond donors (Lipinski definition) is 3. The Bertz CT molecular complexity index is 1770. The van der Waals surface area contributed by atoms with E-state index in [-0.39, 0.29) is 19.1 Å². The maximum atomic E-state index is 13.0. The third-order valence-electron chi connectivity index (χ3n) is 14.9. The van der Waals surface area contributed by atoms with Gasteiger partial charge in [0.2, 0.25) is 5.91 Å². The number of quaternary nitrogens is 1. The average Bonchev–Trinajstić information content (AvgIpc) is 3.50. The van der Waals surface area contributed by atoms with E-state index in [1.807, 2.05) is 27.2 Å². The van der Waals surface area contributed by atoms with Crippen LogP contribution in [0.2, 0.25) is 0 Å². The molecular formula is C74H132N2O6P+. The number of nitrogens with one attached hydrogen (secondary N) is 1. The van der Waals surface area contributed by atoms with Gasteiger partial charge in [0.25, 0.3) is 0 Å². The van der Waals surface area contributed by atoms with Crippen LogP contribution in [0, 0.1) is 0 Å². The minimum absolute atomic E-state index is 0.0442. The van der Waals surface area contributed by atoms with Crippen molar-refractivity contribution in [2.24, 2.45) is 0 Å². The highest BCUT2D eigenvalue weighted by atomic mass is 31.2. The van der Waals surface area contributed by atoms with Gasteiger partial charge in [0, 0.05) is 6.42 Å². The summed E-state index contributed by atoms with van der Waals surface area (Å²) < 4.78 is 23.8. The van der Waals surface area contributed by atoms with Crippen molar-refractivity contribution in [1.82, 2.24) is 5.32 Å². The molecule has 0 radical (unpaired) electrons. The number of unbranched alkanes of at least 4 members (excludes halogenated alkanes) is 31. The lowest BCUT2D eigenvalue weighted by molar-refractivity contribution is -0.870. The summed E-state index contributed by atoms with van der Waals surface area (Å²) in [5, 5.41) is 14.0. The van der Waals surface area contributed by atoms with Crippen molar-refractivity contribution in [1.29, 1.82) is 0 Å². The van der Waals surface area contributed by atoms with Crippen LogP contribution in [0.1, 0.15) is 290 Å². The molecule has 0 aliphatic carbocycles. The van der Waals surface area contributed by atoms with E-state index >= 15 is 0 Å². The van der Waals surface area contributed by atoms with Gasteiger partial charge in [-0.2, -0.15) is 0 Å². The number of aliphatic hydroxyl groups is 1. The third kappa shape index (κ3) is 66.3. The molecule has 83 heavy (non-hydrogen) atoms. The first-order valence-electron chi connectivity index (χ1n) is 34.4. The Hall–Kier alpha value is -3.10. The molecule has 0 spiro atoms. The van der Waals surface area contributed by atoms with E-state index in [1.165, 1.54) is 167 Å². The van der Waals surface area contributed by atoms with Crippen molar-refractivity contribution >= 4 is 13.7 Å². The SMILES string of the molecule is CC/C=C\C/C=C\C/C=C\C/C=C\C/C=C\C/C=C\C/C=C\C/C=C\CCCCCCC(=O)NC(COP(=O)(O)OCC[N+](C)(C)C)C(O)/C=C/CC/C=C/CCCCCCCCCCCCCCCCCCCCCCCCCCCC. The number of aliphatic hydroxyl groups excluding tert-OH is 1. The number of carbonyl (C=O) groups excluding carboxylic acids is 1. The Balaban J connectivity index is 4.22. The second kappa shape index (κ2) is 63.4. The van der Waals surface area contributed by atoms with Crippen molar-refractivity contribution in [2.75, 3.05) is 40.9 Å². The number of rotatable bonds is 62. The molecule has 3 unspecified atom stereocenters. The van der Waals surface area contributed by atoms with Crippen LogP contribution < -0.4 is 5.32 Å². The molecular weight excluding hydrogens is 1040 g/mol. The molecule has 9 heteroatoms. The van der Waals surface area contributed by atoms with E-state index in [4.69, 9.17) is 9.05 Å². The number of carbonyl (C=O) groups is 1. The minimum Gasteiger partial charge on any atom is -0.387 e. The number of nitrogens with zero attached hydrogens (tertiary/aromatic N) is 1. The Labute approximate surface area is 514 Å². The molecule has 0 fully saturated rings. The predicted octanol–water partition coefficient (Wildman–Crippen LogP) is 22.0. The molecule has 0 saturated carbocycles. The van der Waals surface area contributed by atoms with Gasteiger partial charge >= 0.3 is 7.82 Å².